The second-order valence-corrected chi connectivity index (χ2v) is 2.75. The smallest absolute Gasteiger partial charge is 0.0963 e. The summed E-state index contributed by atoms with van der Waals surface area (Å²) in [4.78, 5) is 0. The predicted molar refractivity (Wildman–Crippen MR) is 49.1 cm³/mol. The van der Waals surface area contributed by atoms with E-state index in [9.17, 15) is 0 Å². The van der Waals surface area contributed by atoms with Gasteiger partial charge in [0.05, 0.1) is 11.5 Å². The zero-order chi connectivity index (χ0) is 9.14. The van der Waals surface area contributed by atoms with Gasteiger partial charge in [-0.2, -0.15) is 0 Å². The molecule has 0 aliphatic rings. The number of hydrogen-bond donors (Lipinski definition) is 2. The van der Waals surface area contributed by atoms with Crippen molar-refractivity contribution in [2.24, 2.45) is 0 Å². The molecule has 0 spiro atoms. The quantitative estimate of drug-likeness (QED) is 0.602. The van der Waals surface area contributed by atoms with Crippen LogP contribution in [0.3, 0.4) is 0 Å². The normalized spacial score (nSPS) is 9.50. The summed E-state index contributed by atoms with van der Waals surface area (Å²) < 4.78 is 0. The minimum atomic E-state index is 0.289. The van der Waals surface area contributed by atoms with Gasteiger partial charge in [-0.05, 0) is 13.8 Å². The highest BCUT2D eigenvalue weighted by molar-refractivity contribution is 5.35. The molecule has 1 rings (SSSR count). The number of aliphatic hydroxyl groups excluding tert-OH is 2. The van der Waals surface area contributed by atoms with E-state index in [1.165, 1.54) is 0 Å². The second-order valence-electron chi connectivity index (χ2n) is 2.75. The third kappa shape index (κ3) is 1.78. The fourth-order valence-electron chi connectivity index (χ4n) is 0.953. The molecule has 2 N–H and O–H groups in total. The second kappa shape index (κ2) is 3.30. The van der Waals surface area contributed by atoms with E-state index in [0.29, 0.717) is 0 Å². The Balaban J connectivity index is 3.39. The summed E-state index contributed by atoms with van der Waals surface area (Å²) in [5, 5.41) is 19.8. The molecule has 1 aromatic rings. The van der Waals surface area contributed by atoms with Crippen LogP contribution in [0.1, 0.15) is 13.8 Å². The molecule has 0 aliphatic heterocycles. The van der Waals surface area contributed by atoms with E-state index in [1.807, 2.05) is 0 Å². The van der Waals surface area contributed by atoms with Crippen LogP contribution >= 0.6 is 0 Å². The minimum absolute atomic E-state index is 0.289. The van der Waals surface area contributed by atoms with Crippen LogP contribution < -0.4 is 10.4 Å². The summed E-state index contributed by atoms with van der Waals surface area (Å²) in [5.41, 5.74) is 0. The van der Waals surface area contributed by atoms with Crippen LogP contribution in [-0.2, 0) is 0 Å². The number of aliphatic hydroxyl groups is 2. The van der Waals surface area contributed by atoms with Gasteiger partial charge < -0.3 is 10.2 Å². The Kier molecular flexibility index (Phi) is 2.38. The lowest BCUT2D eigenvalue weighted by molar-refractivity contribution is 0.497. The Morgan fingerprint density at radius 3 is 1.25 bits per heavy atom. The third-order valence-electron chi connectivity index (χ3n) is 1.72. The van der Waals surface area contributed by atoms with Gasteiger partial charge in [0.25, 0.3) is 0 Å². The van der Waals surface area contributed by atoms with Gasteiger partial charge in [0, 0.05) is 10.4 Å². The first-order valence-corrected chi connectivity index (χ1v) is 3.77. The lowest BCUT2D eigenvalue weighted by Gasteiger charge is -1.91. The lowest BCUT2D eigenvalue weighted by Crippen LogP contribution is -2.10. The van der Waals surface area contributed by atoms with E-state index in [2.05, 4.69) is 0 Å². The summed E-state index contributed by atoms with van der Waals surface area (Å²) in [7, 11) is 0. The highest BCUT2D eigenvalue weighted by atomic mass is 16.3. The molecule has 0 unspecified atom stereocenters. The Morgan fingerprint density at radius 1 is 0.833 bits per heavy atom. The highest BCUT2D eigenvalue weighted by Gasteiger charge is 1.86. The van der Waals surface area contributed by atoms with E-state index in [0.717, 1.165) is 10.4 Å². The Hall–Kier alpha value is -1.44. The molecule has 0 fully saturated rings. The van der Waals surface area contributed by atoms with Crippen molar-refractivity contribution >= 4 is 11.5 Å². The summed E-state index contributed by atoms with van der Waals surface area (Å²) in [6.45, 7) is 3.26. The number of hydrogen-bond acceptors (Lipinski definition) is 2. The van der Waals surface area contributed by atoms with Gasteiger partial charge in [0.1, 0.15) is 0 Å². The maximum Gasteiger partial charge on any atom is 0.0963 e. The largest absolute Gasteiger partial charge is 0.512 e. The maximum absolute atomic E-state index is 9.10. The Morgan fingerprint density at radius 2 is 1.08 bits per heavy atom. The van der Waals surface area contributed by atoms with Crippen molar-refractivity contribution in [2.45, 2.75) is 13.8 Å². The van der Waals surface area contributed by atoms with Gasteiger partial charge in [-0.3, -0.25) is 0 Å². The molecule has 2 nitrogen and oxygen atoms in total. The van der Waals surface area contributed by atoms with Gasteiger partial charge in [0.15, 0.2) is 0 Å². The average molecular weight is 164 g/mol. The third-order valence-corrected chi connectivity index (χ3v) is 1.72. The summed E-state index contributed by atoms with van der Waals surface area (Å²) in [6.07, 6.45) is 0. The lowest BCUT2D eigenvalue weighted by atomic mass is 10.2. The molecule has 0 saturated carbocycles. The van der Waals surface area contributed by atoms with Crippen molar-refractivity contribution in [1.29, 1.82) is 0 Å². The van der Waals surface area contributed by atoms with E-state index in [-0.39, 0.29) is 11.5 Å². The highest BCUT2D eigenvalue weighted by Crippen LogP contribution is 1.82. The molecule has 1 aromatic carbocycles. The molecule has 0 saturated heterocycles. The van der Waals surface area contributed by atoms with Gasteiger partial charge in [-0.15, -0.1) is 0 Å². The molecule has 2 heteroatoms. The fraction of sp³-hybridized carbons (Fsp3) is 0.200. The maximum atomic E-state index is 9.10. The van der Waals surface area contributed by atoms with Gasteiger partial charge in [-0.1, -0.05) is 24.3 Å². The van der Waals surface area contributed by atoms with Crippen LogP contribution in [0.5, 0.6) is 0 Å². The van der Waals surface area contributed by atoms with E-state index >= 15 is 0 Å². The Labute approximate surface area is 71.1 Å². The molecule has 0 atom stereocenters. The summed E-state index contributed by atoms with van der Waals surface area (Å²) in [5.74, 6) is 0.578. The number of benzene rings is 1. The fourth-order valence-corrected chi connectivity index (χ4v) is 0.953. The van der Waals surface area contributed by atoms with Crippen LogP contribution in [0.15, 0.2) is 24.3 Å². The first-order valence-electron chi connectivity index (χ1n) is 3.77. The van der Waals surface area contributed by atoms with Gasteiger partial charge in [-0.25, -0.2) is 0 Å². The van der Waals surface area contributed by atoms with E-state index in [1.54, 1.807) is 38.1 Å². The van der Waals surface area contributed by atoms with Crippen molar-refractivity contribution in [2.75, 3.05) is 0 Å². The SMILES string of the molecule is CC(O)=c1ccc(=C(C)O)cc1. The zero-order valence-corrected chi connectivity index (χ0v) is 7.20. The number of rotatable bonds is 0. The van der Waals surface area contributed by atoms with Gasteiger partial charge in [0.2, 0.25) is 0 Å². The van der Waals surface area contributed by atoms with Crippen LogP contribution in [0, 0.1) is 0 Å². The molecule has 0 aliphatic carbocycles. The van der Waals surface area contributed by atoms with E-state index < -0.39 is 0 Å². The van der Waals surface area contributed by atoms with Crippen molar-refractivity contribution in [3.05, 3.63) is 34.7 Å². The zero-order valence-electron chi connectivity index (χ0n) is 7.20. The topological polar surface area (TPSA) is 40.5 Å². The molecule has 0 radical (unpaired) electrons. The molecule has 0 aromatic heterocycles. The standard InChI is InChI=1S/C10H12O2/c1-7(11)9-3-5-10(6-4-9)8(2)12/h3-6,11-12H,1-2H3. The first kappa shape index (κ1) is 8.65. The molecule has 0 heterocycles. The van der Waals surface area contributed by atoms with Crippen LogP contribution in [0.25, 0.3) is 11.5 Å². The van der Waals surface area contributed by atoms with Gasteiger partial charge >= 0.3 is 0 Å². The molecule has 0 amide bonds. The average Bonchev–Trinajstić information content (AvgIpc) is 2.04. The molecule has 12 heavy (non-hydrogen) atoms. The van der Waals surface area contributed by atoms with Crippen LogP contribution in [0.2, 0.25) is 0 Å². The molecular formula is C10H12O2. The molecular weight excluding hydrogens is 152 g/mol. The molecule has 0 bridgehead atoms. The Bertz CT molecular complexity index is 320. The van der Waals surface area contributed by atoms with Crippen molar-refractivity contribution < 1.29 is 10.2 Å². The van der Waals surface area contributed by atoms with Crippen LogP contribution in [-0.4, -0.2) is 10.2 Å². The van der Waals surface area contributed by atoms with Crippen molar-refractivity contribution in [3.8, 4) is 0 Å². The van der Waals surface area contributed by atoms with E-state index in [4.69, 9.17) is 10.2 Å². The summed E-state index contributed by atoms with van der Waals surface area (Å²) >= 11 is 0. The monoisotopic (exact) mass is 164 g/mol. The minimum Gasteiger partial charge on any atom is -0.512 e. The summed E-state index contributed by atoms with van der Waals surface area (Å²) in [6, 6.07) is 7.07. The van der Waals surface area contributed by atoms with Crippen molar-refractivity contribution in [3.63, 3.8) is 0 Å². The predicted octanol–water partition coefficient (Wildman–Crippen LogP) is 1.06. The molecule has 64 valence electrons. The first-order chi connectivity index (χ1) is 5.61. The van der Waals surface area contributed by atoms with Crippen molar-refractivity contribution in [1.82, 2.24) is 0 Å². The van der Waals surface area contributed by atoms with Crippen LogP contribution in [0.4, 0.5) is 0 Å².